The van der Waals surface area contributed by atoms with Crippen molar-refractivity contribution in [1.29, 1.82) is 0 Å². The molecule has 2 heterocycles. The third-order valence-corrected chi connectivity index (χ3v) is 11.2. The Kier molecular flexibility index (Phi) is 9.16. The highest BCUT2D eigenvalue weighted by atomic mass is 32.2. The van der Waals surface area contributed by atoms with Crippen molar-refractivity contribution in [2.75, 3.05) is 49.2 Å². The largest absolute Gasteiger partial charge is 0.297 e. The van der Waals surface area contributed by atoms with Gasteiger partial charge < -0.3 is 0 Å². The van der Waals surface area contributed by atoms with E-state index in [2.05, 4.69) is 69.7 Å². The number of carbonyl (C=O) groups is 1. The monoisotopic (exact) mass is 548 g/mol. The fourth-order valence-electron chi connectivity index (χ4n) is 7.16. The van der Waals surface area contributed by atoms with Crippen LogP contribution in [0, 0.1) is 0 Å². The fourth-order valence-corrected chi connectivity index (χ4v) is 9.12. The molecule has 6 rings (SSSR count). The Bertz CT molecular complexity index is 1010. The number of rotatable bonds is 8. The Labute approximate surface area is 238 Å². The van der Waals surface area contributed by atoms with Crippen LogP contribution in [-0.4, -0.2) is 64.8 Å². The van der Waals surface area contributed by atoms with Gasteiger partial charge >= 0.3 is 0 Å². The van der Waals surface area contributed by atoms with Crippen LogP contribution in [0.1, 0.15) is 101 Å². The van der Waals surface area contributed by atoms with E-state index in [0.29, 0.717) is 11.8 Å². The average molecular weight is 549 g/mol. The van der Waals surface area contributed by atoms with Gasteiger partial charge in [0.05, 0.1) is 0 Å². The van der Waals surface area contributed by atoms with E-state index < -0.39 is 0 Å². The lowest BCUT2D eigenvalue weighted by Gasteiger charge is -2.27. The summed E-state index contributed by atoms with van der Waals surface area (Å²) in [5.74, 6) is 6.31. The lowest BCUT2D eigenvalue weighted by Crippen LogP contribution is -2.32. The first kappa shape index (κ1) is 26.9. The van der Waals surface area contributed by atoms with E-state index in [-0.39, 0.29) is 5.78 Å². The minimum atomic E-state index is 0.274. The van der Waals surface area contributed by atoms with Gasteiger partial charge in [-0.3, -0.25) is 14.6 Å². The number of ketones is 1. The van der Waals surface area contributed by atoms with Gasteiger partial charge in [-0.15, -0.1) is 0 Å². The summed E-state index contributed by atoms with van der Waals surface area (Å²) in [4.78, 5) is 19.6. The molecule has 2 aromatic rings. The topological polar surface area (TPSA) is 23.6 Å². The van der Waals surface area contributed by atoms with E-state index >= 15 is 0 Å². The molecule has 204 valence electrons. The minimum Gasteiger partial charge on any atom is -0.297 e. The highest BCUT2D eigenvalue weighted by molar-refractivity contribution is 7.99. The third kappa shape index (κ3) is 6.37. The first-order chi connectivity index (χ1) is 18.7. The number of hydrogen-bond donors (Lipinski definition) is 0. The van der Waals surface area contributed by atoms with Crippen molar-refractivity contribution in [2.45, 2.75) is 76.3 Å². The van der Waals surface area contributed by atoms with E-state index in [1.807, 2.05) is 0 Å². The molecule has 2 saturated carbocycles. The normalized spacial score (nSPS) is 22.3. The summed E-state index contributed by atoms with van der Waals surface area (Å²) in [5.41, 5.74) is 7.42. The second kappa shape index (κ2) is 12.9. The lowest BCUT2D eigenvalue weighted by atomic mass is 9.84. The molecule has 0 N–H and O–H groups in total. The SMILES string of the molecule is O=C(c1ccc(CN2CCSCC2)cc1C1CCCC1)c1ccc(CN2CCSCC2)cc1C1CCCC1. The minimum absolute atomic E-state index is 0.274. The molecular formula is C33H44N2OS2. The van der Waals surface area contributed by atoms with Crippen LogP contribution in [0.15, 0.2) is 36.4 Å². The Balaban J connectivity index is 1.30. The zero-order valence-corrected chi connectivity index (χ0v) is 24.6. The highest BCUT2D eigenvalue weighted by Gasteiger charge is 2.28. The van der Waals surface area contributed by atoms with Gasteiger partial charge in [-0.05, 0) is 59.8 Å². The fraction of sp³-hybridized carbons (Fsp3) is 0.606. The van der Waals surface area contributed by atoms with E-state index in [0.717, 1.165) is 24.2 Å². The van der Waals surface area contributed by atoms with E-state index in [1.165, 1.54) is 123 Å². The van der Waals surface area contributed by atoms with Crippen LogP contribution in [0.4, 0.5) is 0 Å². The first-order valence-corrected chi connectivity index (χ1v) is 17.5. The van der Waals surface area contributed by atoms with Gasteiger partial charge in [0, 0.05) is 73.4 Å². The predicted molar refractivity (Wildman–Crippen MR) is 164 cm³/mol. The van der Waals surface area contributed by atoms with E-state index in [4.69, 9.17) is 0 Å². The van der Waals surface area contributed by atoms with Crippen LogP contribution in [-0.2, 0) is 13.1 Å². The summed E-state index contributed by atoms with van der Waals surface area (Å²) >= 11 is 4.14. The summed E-state index contributed by atoms with van der Waals surface area (Å²) in [6.45, 7) is 6.75. The van der Waals surface area contributed by atoms with Crippen molar-refractivity contribution in [3.8, 4) is 0 Å². The molecule has 4 fully saturated rings. The molecule has 3 nitrogen and oxygen atoms in total. The molecule has 0 atom stereocenters. The van der Waals surface area contributed by atoms with E-state index in [9.17, 15) is 4.79 Å². The van der Waals surface area contributed by atoms with Gasteiger partial charge in [0.1, 0.15) is 0 Å². The van der Waals surface area contributed by atoms with Crippen LogP contribution in [0.2, 0.25) is 0 Å². The lowest BCUT2D eigenvalue weighted by molar-refractivity contribution is 0.103. The predicted octanol–water partition coefficient (Wildman–Crippen LogP) is 7.33. The summed E-state index contributed by atoms with van der Waals surface area (Å²) in [6.07, 6.45) is 10.1. The molecule has 4 aliphatic rings. The zero-order chi connectivity index (χ0) is 25.7. The standard InChI is InChI=1S/C33H44N2OS2/c36-33(29-11-9-25(23-34-13-17-37-18-14-34)21-31(29)27-5-1-2-6-27)30-12-10-26(24-35-15-19-38-20-16-35)22-32(30)28-7-3-4-8-28/h9-12,21-22,27-28H,1-8,13-20,23-24H2. The van der Waals surface area contributed by atoms with Crippen molar-refractivity contribution in [1.82, 2.24) is 9.80 Å². The maximum absolute atomic E-state index is 14.4. The van der Waals surface area contributed by atoms with E-state index in [1.54, 1.807) is 0 Å². The number of nitrogens with zero attached hydrogens (tertiary/aromatic N) is 2. The Morgan fingerprint density at radius 1 is 0.632 bits per heavy atom. The van der Waals surface area contributed by atoms with Crippen molar-refractivity contribution in [2.24, 2.45) is 0 Å². The molecule has 5 heteroatoms. The van der Waals surface area contributed by atoms with Crippen LogP contribution < -0.4 is 0 Å². The maximum Gasteiger partial charge on any atom is 0.193 e. The molecule has 2 aliphatic heterocycles. The Hall–Kier alpha value is -1.27. The third-order valence-electron chi connectivity index (χ3n) is 9.33. The van der Waals surface area contributed by atoms with Crippen molar-refractivity contribution in [3.05, 3.63) is 69.8 Å². The van der Waals surface area contributed by atoms with Gasteiger partial charge in [0.15, 0.2) is 5.78 Å². The van der Waals surface area contributed by atoms with Crippen molar-refractivity contribution >= 4 is 29.3 Å². The second-order valence-corrected chi connectivity index (χ2v) is 14.4. The smallest absolute Gasteiger partial charge is 0.193 e. The molecule has 2 aliphatic carbocycles. The molecule has 38 heavy (non-hydrogen) atoms. The highest BCUT2D eigenvalue weighted by Crippen LogP contribution is 2.40. The van der Waals surface area contributed by atoms with Gasteiger partial charge in [-0.25, -0.2) is 0 Å². The molecule has 0 bridgehead atoms. The summed E-state index contributed by atoms with van der Waals surface area (Å²) in [6, 6.07) is 13.7. The molecule has 0 spiro atoms. The zero-order valence-electron chi connectivity index (χ0n) is 23.0. The molecule has 0 aromatic heterocycles. The van der Waals surface area contributed by atoms with Gasteiger partial charge in [0.25, 0.3) is 0 Å². The first-order valence-electron chi connectivity index (χ1n) is 15.1. The number of benzene rings is 2. The Morgan fingerprint density at radius 2 is 1.03 bits per heavy atom. The van der Waals surface area contributed by atoms with Crippen molar-refractivity contribution < 1.29 is 4.79 Å². The maximum atomic E-state index is 14.4. The molecule has 2 aromatic carbocycles. The van der Waals surface area contributed by atoms with Crippen LogP contribution in [0.25, 0.3) is 0 Å². The van der Waals surface area contributed by atoms with Crippen molar-refractivity contribution in [3.63, 3.8) is 0 Å². The van der Waals surface area contributed by atoms with Gasteiger partial charge in [0.2, 0.25) is 0 Å². The molecule has 0 radical (unpaired) electrons. The average Bonchev–Trinajstić information content (AvgIpc) is 3.69. The summed E-state index contributed by atoms with van der Waals surface area (Å²) < 4.78 is 0. The summed E-state index contributed by atoms with van der Waals surface area (Å²) in [5, 5.41) is 0. The number of hydrogen-bond acceptors (Lipinski definition) is 5. The van der Waals surface area contributed by atoms with Crippen LogP contribution >= 0.6 is 23.5 Å². The number of carbonyl (C=O) groups excluding carboxylic acids is 1. The number of thioether (sulfide) groups is 2. The summed E-state index contributed by atoms with van der Waals surface area (Å²) in [7, 11) is 0. The molecular weight excluding hydrogens is 505 g/mol. The molecule has 2 saturated heterocycles. The van der Waals surface area contributed by atoms with Gasteiger partial charge in [-0.2, -0.15) is 23.5 Å². The second-order valence-electron chi connectivity index (χ2n) is 11.9. The van der Waals surface area contributed by atoms with Crippen LogP contribution in [0.3, 0.4) is 0 Å². The molecule has 0 unspecified atom stereocenters. The quantitative estimate of drug-likeness (QED) is 0.322. The van der Waals surface area contributed by atoms with Gasteiger partial charge in [-0.1, -0.05) is 62.1 Å². The molecule has 0 amide bonds. The Morgan fingerprint density at radius 3 is 1.42 bits per heavy atom. The van der Waals surface area contributed by atoms with Crippen LogP contribution in [0.5, 0.6) is 0 Å².